The summed E-state index contributed by atoms with van der Waals surface area (Å²) >= 11 is 1.84. The lowest BCUT2D eigenvalue weighted by Crippen LogP contribution is -2.63. The highest BCUT2D eigenvalue weighted by molar-refractivity contribution is 7.07. The second kappa shape index (κ2) is 4.87. The van der Waals surface area contributed by atoms with Crippen LogP contribution in [0.5, 0.6) is 0 Å². The summed E-state index contributed by atoms with van der Waals surface area (Å²) in [7, 11) is 0. The van der Waals surface area contributed by atoms with Crippen LogP contribution in [0.25, 0.3) is 0 Å². The van der Waals surface area contributed by atoms with E-state index in [2.05, 4.69) is 27.0 Å². The molecule has 0 radical (unpaired) electrons. The minimum atomic E-state index is 0.479. The zero-order chi connectivity index (χ0) is 12.7. The fraction of sp³-hybridized carbons (Fsp3) is 0.750. The molecule has 0 aromatic carbocycles. The number of nitrogens with zero attached hydrogens (tertiary/aromatic N) is 1. The Kier molecular flexibility index (Phi) is 3.17. The van der Waals surface area contributed by atoms with Gasteiger partial charge in [0.1, 0.15) is 0 Å². The zero-order valence-electron chi connectivity index (χ0n) is 11.6. The highest BCUT2D eigenvalue weighted by Gasteiger charge is 2.46. The monoisotopic (exact) mass is 276 g/mol. The van der Waals surface area contributed by atoms with Gasteiger partial charge in [-0.3, -0.25) is 4.90 Å². The standard InChI is InChI=1S/C16H24N2S/c1-2-7-16(6-1)12-17-15(14-3-4-14)10-18(16)9-13-5-8-19-11-13/h5,8,11,14-15,17H,1-4,6-7,9-10,12H2. The van der Waals surface area contributed by atoms with Gasteiger partial charge >= 0.3 is 0 Å². The SMILES string of the molecule is c1cc(CN2CC(C3CC3)NCC23CCCC3)cs1. The summed E-state index contributed by atoms with van der Waals surface area (Å²) in [4.78, 5) is 2.83. The molecule has 19 heavy (non-hydrogen) atoms. The Bertz CT molecular complexity index is 418. The molecule has 0 bridgehead atoms. The van der Waals surface area contributed by atoms with Gasteiger partial charge in [-0.05, 0) is 54.0 Å². The van der Waals surface area contributed by atoms with Crippen LogP contribution >= 0.6 is 11.3 Å². The minimum absolute atomic E-state index is 0.479. The topological polar surface area (TPSA) is 15.3 Å². The van der Waals surface area contributed by atoms with Crippen molar-refractivity contribution in [2.75, 3.05) is 13.1 Å². The summed E-state index contributed by atoms with van der Waals surface area (Å²) in [6.45, 7) is 3.69. The van der Waals surface area contributed by atoms with Crippen LogP contribution < -0.4 is 5.32 Å². The zero-order valence-corrected chi connectivity index (χ0v) is 12.4. The fourth-order valence-corrected chi connectivity index (χ4v) is 4.76. The summed E-state index contributed by atoms with van der Waals surface area (Å²) in [6.07, 6.45) is 8.57. The molecular formula is C16H24N2S. The maximum atomic E-state index is 3.88. The predicted molar refractivity (Wildman–Crippen MR) is 80.4 cm³/mol. The van der Waals surface area contributed by atoms with Gasteiger partial charge in [0, 0.05) is 31.2 Å². The van der Waals surface area contributed by atoms with Gasteiger partial charge in [0.15, 0.2) is 0 Å². The molecule has 2 saturated carbocycles. The number of rotatable bonds is 3. The molecule has 2 nitrogen and oxygen atoms in total. The van der Waals surface area contributed by atoms with Gasteiger partial charge < -0.3 is 5.32 Å². The van der Waals surface area contributed by atoms with Gasteiger partial charge in [0.05, 0.1) is 0 Å². The summed E-state index contributed by atoms with van der Waals surface area (Å²) in [6, 6.07) is 3.08. The highest BCUT2D eigenvalue weighted by atomic mass is 32.1. The number of nitrogens with one attached hydrogen (secondary N) is 1. The van der Waals surface area contributed by atoms with Crippen molar-refractivity contribution in [2.24, 2.45) is 5.92 Å². The van der Waals surface area contributed by atoms with Crippen molar-refractivity contribution in [3.8, 4) is 0 Å². The van der Waals surface area contributed by atoms with E-state index in [-0.39, 0.29) is 0 Å². The van der Waals surface area contributed by atoms with Crippen molar-refractivity contribution in [3.05, 3.63) is 22.4 Å². The van der Waals surface area contributed by atoms with Crippen LogP contribution in [-0.2, 0) is 6.54 Å². The molecule has 2 aliphatic carbocycles. The maximum Gasteiger partial charge on any atom is 0.0338 e. The Morgan fingerprint density at radius 1 is 1.32 bits per heavy atom. The van der Waals surface area contributed by atoms with Crippen molar-refractivity contribution in [1.29, 1.82) is 0 Å². The van der Waals surface area contributed by atoms with Crippen LogP contribution in [0.3, 0.4) is 0 Å². The van der Waals surface area contributed by atoms with Gasteiger partial charge in [0.25, 0.3) is 0 Å². The van der Waals surface area contributed by atoms with Crippen molar-refractivity contribution in [1.82, 2.24) is 10.2 Å². The molecule has 1 N–H and O–H groups in total. The van der Waals surface area contributed by atoms with Crippen LogP contribution in [0.4, 0.5) is 0 Å². The average molecular weight is 276 g/mol. The summed E-state index contributed by atoms with van der Waals surface area (Å²) in [5, 5.41) is 8.43. The Labute approximate surface area is 120 Å². The lowest BCUT2D eigenvalue weighted by atomic mass is 9.89. The first kappa shape index (κ1) is 12.4. The number of hydrogen-bond donors (Lipinski definition) is 1. The highest BCUT2D eigenvalue weighted by Crippen LogP contribution is 2.41. The van der Waals surface area contributed by atoms with Crippen LogP contribution in [-0.4, -0.2) is 29.6 Å². The average Bonchev–Trinajstić information content (AvgIpc) is 2.95. The molecule has 1 unspecified atom stereocenters. The first-order valence-corrected chi connectivity index (χ1v) is 8.80. The molecule has 1 saturated heterocycles. The Morgan fingerprint density at radius 2 is 2.16 bits per heavy atom. The molecule has 1 aromatic rings. The van der Waals surface area contributed by atoms with Gasteiger partial charge in [-0.2, -0.15) is 11.3 Å². The van der Waals surface area contributed by atoms with Crippen LogP contribution in [0.2, 0.25) is 0 Å². The van der Waals surface area contributed by atoms with Gasteiger partial charge in [0.2, 0.25) is 0 Å². The van der Waals surface area contributed by atoms with Gasteiger partial charge in [-0.1, -0.05) is 12.8 Å². The molecule has 0 amide bonds. The van der Waals surface area contributed by atoms with Crippen LogP contribution in [0.15, 0.2) is 16.8 Å². The van der Waals surface area contributed by atoms with Crippen LogP contribution in [0.1, 0.15) is 44.1 Å². The van der Waals surface area contributed by atoms with Crippen molar-refractivity contribution >= 4 is 11.3 Å². The van der Waals surface area contributed by atoms with E-state index in [0.29, 0.717) is 5.54 Å². The molecule has 3 fully saturated rings. The smallest absolute Gasteiger partial charge is 0.0338 e. The van der Waals surface area contributed by atoms with Crippen molar-refractivity contribution < 1.29 is 0 Å². The molecular weight excluding hydrogens is 252 g/mol. The normalized spacial score (nSPS) is 31.1. The van der Waals surface area contributed by atoms with E-state index in [0.717, 1.165) is 12.0 Å². The quantitative estimate of drug-likeness (QED) is 0.911. The Morgan fingerprint density at radius 3 is 2.84 bits per heavy atom. The van der Waals surface area contributed by atoms with Gasteiger partial charge in [-0.25, -0.2) is 0 Å². The lowest BCUT2D eigenvalue weighted by molar-refractivity contribution is 0.0312. The summed E-state index contributed by atoms with van der Waals surface area (Å²) in [5.74, 6) is 0.976. The van der Waals surface area contributed by atoms with E-state index in [1.165, 1.54) is 63.7 Å². The third kappa shape index (κ3) is 2.37. The van der Waals surface area contributed by atoms with Crippen molar-refractivity contribution in [2.45, 2.75) is 56.7 Å². The molecule has 1 aromatic heterocycles. The van der Waals surface area contributed by atoms with Crippen LogP contribution in [0, 0.1) is 5.92 Å². The second-order valence-corrected chi connectivity index (χ2v) is 7.55. The molecule has 1 spiro atoms. The second-order valence-electron chi connectivity index (χ2n) is 6.77. The maximum absolute atomic E-state index is 3.88. The minimum Gasteiger partial charge on any atom is -0.311 e. The third-order valence-electron chi connectivity index (χ3n) is 5.46. The third-order valence-corrected chi connectivity index (χ3v) is 6.19. The fourth-order valence-electron chi connectivity index (χ4n) is 4.10. The Hall–Kier alpha value is -0.380. The number of hydrogen-bond acceptors (Lipinski definition) is 3. The molecule has 4 rings (SSSR count). The summed E-state index contributed by atoms with van der Waals surface area (Å²) in [5.41, 5.74) is 2.00. The first-order valence-electron chi connectivity index (χ1n) is 7.85. The van der Waals surface area contributed by atoms with E-state index in [4.69, 9.17) is 0 Å². The van der Waals surface area contributed by atoms with E-state index < -0.39 is 0 Å². The van der Waals surface area contributed by atoms with E-state index in [1.54, 1.807) is 0 Å². The van der Waals surface area contributed by atoms with E-state index in [1.807, 2.05) is 11.3 Å². The lowest BCUT2D eigenvalue weighted by Gasteiger charge is -2.48. The molecule has 3 heteroatoms. The van der Waals surface area contributed by atoms with Crippen molar-refractivity contribution in [3.63, 3.8) is 0 Å². The largest absolute Gasteiger partial charge is 0.311 e. The molecule has 104 valence electrons. The van der Waals surface area contributed by atoms with Gasteiger partial charge in [-0.15, -0.1) is 0 Å². The molecule has 2 heterocycles. The first-order chi connectivity index (χ1) is 9.36. The van der Waals surface area contributed by atoms with E-state index >= 15 is 0 Å². The molecule has 1 atom stereocenters. The molecule has 1 aliphatic heterocycles. The molecule has 3 aliphatic rings. The number of thiophene rings is 1. The predicted octanol–water partition coefficient (Wildman–Crippen LogP) is 3.24. The number of piperazine rings is 1. The van der Waals surface area contributed by atoms with E-state index in [9.17, 15) is 0 Å². The summed E-state index contributed by atoms with van der Waals surface area (Å²) < 4.78 is 0. The Balaban J connectivity index is 1.53.